The number of H-pyrrole nitrogens is 1. The molecule has 146 valence electrons. The van der Waals surface area contributed by atoms with Crippen molar-refractivity contribution in [3.05, 3.63) is 66.6 Å². The van der Waals surface area contributed by atoms with Crippen molar-refractivity contribution >= 4 is 10.0 Å². The fourth-order valence-electron chi connectivity index (χ4n) is 3.00. The van der Waals surface area contributed by atoms with Gasteiger partial charge in [-0.2, -0.15) is 4.31 Å². The summed E-state index contributed by atoms with van der Waals surface area (Å²) >= 11 is 0. The zero-order chi connectivity index (χ0) is 19.4. The first kappa shape index (κ1) is 18.7. The second-order valence-corrected chi connectivity index (χ2v) is 8.38. The largest absolute Gasteiger partial charge is 0.489 e. The van der Waals surface area contributed by atoms with E-state index in [-0.39, 0.29) is 0 Å². The SMILES string of the molecule is O=S(=O)(c1ccc(COc2ccc(-c3cnc[nH]3)cc2)cc1)N1CCOCC1. The fraction of sp³-hybridized carbons (Fsp3) is 0.250. The molecule has 0 saturated carbocycles. The molecule has 2 aromatic carbocycles. The highest BCUT2D eigenvalue weighted by atomic mass is 32.2. The monoisotopic (exact) mass is 399 g/mol. The van der Waals surface area contributed by atoms with Crippen LogP contribution in [-0.2, 0) is 21.4 Å². The molecular weight excluding hydrogens is 378 g/mol. The van der Waals surface area contributed by atoms with E-state index in [0.29, 0.717) is 37.8 Å². The predicted molar refractivity (Wildman–Crippen MR) is 104 cm³/mol. The van der Waals surface area contributed by atoms with Crippen LogP contribution in [0.5, 0.6) is 5.75 Å². The third-order valence-corrected chi connectivity index (χ3v) is 6.51. The zero-order valence-electron chi connectivity index (χ0n) is 15.2. The third kappa shape index (κ3) is 4.09. The summed E-state index contributed by atoms with van der Waals surface area (Å²) in [4.78, 5) is 7.37. The van der Waals surface area contributed by atoms with E-state index in [0.717, 1.165) is 22.6 Å². The Morgan fingerprint density at radius 2 is 1.75 bits per heavy atom. The Labute approximate surface area is 164 Å². The van der Waals surface area contributed by atoms with Crippen LogP contribution in [0.4, 0.5) is 0 Å². The smallest absolute Gasteiger partial charge is 0.243 e. The number of nitrogens with zero attached hydrogens (tertiary/aromatic N) is 2. The van der Waals surface area contributed by atoms with Gasteiger partial charge in [-0.05, 0) is 47.5 Å². The number of ether oxygens (including phenoxy) is 2. The normalized spacial score (nSPS) is 15.4. The molecule has 2 heterocycles. The van der Waals surface area contributed by atoms with Gasteiger partial charge in [-0.25, -0.2) is 13.4 Å². The summed E-state index contributed by atoms with van der Waals surface area (Å²) in [6.07, 6.45) is 3.41. The predicted octanol–water partition coefficient (Wildman–Crippen LogP) is 2.68. The Bertz CT molecular complexity index is 995. The summed E-state index contributed by atoms with van der Waals surface area (Å²) in [5, 5.41) is 0. The highest BCUT2D eigenvalue weighted by Crippen LogP contribution is 2.22. The minimum absolute atomic E-state index is 0.294. The number of aromatic nitrogens is 2. The molecular formula is C20H21N3O4S. The number of hydrogen-bond donors (Lipinski definition) is 1. The van der Waals surface area contributed by atoms with Crippen molar-refractivity contribution in [3.8, 4) is 17.0 Å². The van der Waals surface area contributed by atoms with Crippen molar-refractivity contribution in [3.63, 3.8) is 0 Å². The van der Waals surface area contributed by atoms with Crippen molar-refractivity contribution in [2.75, 3.05) is 26.3 Å². The van der Waals surface area contributed by atoms with Gasteiger partial charge in [0, 0.05) is 13.1 Å². The van der Waals surface area contributed by atoms with Crippen molar-refractivity contribution in [1.82, 2.24) is 14.3 Å². The van der Waals surface area contributed by atoms with Crippen LogP contribution in [0.2, 0.25) is 0 Å². The molecule has 0 aliphatic carbocycles. The van der Waals surface area contributed by atoms with E-state index >= 15 is 0 Å². The molecule has 0 amide bonds. The van der Waals surface area contributed by atoms with E-state index < -0.39 is 10.0 Å². The molecule has 1 fully saturated rings. The Hall–Kier alpha value is -2.68. The molecule has 1 saturated heterocycles. The second kappa shape index (κ2) is 8.14. The maximum Gasteiger partial charge on any atom is 0.243 e. The maximum absolute atomic E-state index is 12.6. The average molecular weight is 399 g/mol. The van der Waals surface area contributed by atoms with Gasteiger partial charge >= 0.3 is 0 Å². The molecule has 8 heteroatoms. The van der Waals surface area contributed by atoms with Gasteiger partial charge < -0.3 is 14.5 Å². The van der Waals surface area contributed by atoms with Crippen molar-refractivity contribution in [2.24, 2.45) is 0 Å². The molecule has 3 aromatic rings. The van der Waals surface area contributed by atoms with E-state index in [1.54, 1.807) is 36.8 Å². The van der Waals surface area contributed by atoms with E-state index in [4.69, 9.17) is 9.47 Å². The number of hydrogen-bond acceptors (Lipinski definition) is 5. The van der Waals surface area contributed by atoms with E-state index in [2.05, 4.69) is 9.97 Å². The van der Waals surface area contributed by atoms with Gasteiger partial charge in [0.1, 0.15) is 12.4 Å². The summed E-state index contributed by atoms with van der Waals surface area (Å²) in [5.74, 6) is 0.744. The Kier molecular flexibility index (Phi) is 5.43. The van der Waals surface area contributed by atoms with Crippen LogP contribution in [0.25, 0.3) is 11.3 Å². The maximum atomic E-state index is 12.6. The van der Waals surface area contributed by atoms with Crippen LogP contribution in [-0.4, -0.2) is 49.0 Å². The lowest BCUT2D eigenvalue weighted by Crippen LogP contribution is -2.40. The van der Waals surface area contributed by atoms with E-state index in [9.17, 15) is 8.42 Å². The van der Waals surface area contributed by atoms with Crippen molar-refractivity contribution < 1.29 is 17.9 Å². The summed E-state index contributed by atoms with van der Waals surface area (Å²) in [6, 6.07) is 14.5. The number of nitrogens with one attached hydrogen (secondary N) is 1. The van der Waals surface area contributed by atoms with Crippen molar-refractivity contribution in [1.29, 1.82) is 0 Å². The molecule has 7 nitrogen and oxygen atoms in total. The molecule has 0 bridgehead atoms. The standard InChI is InChI=1S/C20H21N3O4S/c24-28(25,23-9-11-26-12-10-23)19-7-1-16(2-8-19)14-27-18-5-3-17(4-6-18)20-13-21-15-22-20/h1-8,13,15H,9-12,14H2,(H,21,22). The van der Waals surface area contributed by atoms with Gasteiger partial charge in [-0.3, -0.25) is 0 Å². The van der Waals surface area contributed by atoms with E-state index in [1.807, 2.05) is 24.3 Å². The Morgan fingerprint density at radius 1 is 1.04 bits per heavy atom. The Balaban J connectivity index is 1.38. The number of rotatable bonds is 6. The first-order valence-electron chi connectivity index (χ1n) is 9.01. The summed E-state index contributed by atoms with van der Waals surface area (Å²) in [6.45, 7) is 2.01. The first-order valence-corrected chi connectivity index (χ1v) is 10.5. The molecule has 0 unspecified atom stereocenters. The molecule has 0 radical (unpaired) electrons. The van der Waals surface area contributed by atoms with Crippen LogP contribution in [0.15, 0.2) is 66.0 Å². The topological polar surface area (TPSA) is 84.5 Å². The number of imidazole rings is 1. The van der Waals surface area contributed by atoms with Crippen LogP contribution in [0.1, 0.15) is 5.56 Å². The minimum Gasteiger partial charge on any atom is -0.489 e. The molecule has 1 N–H and O–H groups in total. The summed E-state index contributed by atoms with van der Waals surface area (Å²) in [7, 11) is -3.47. The quantitative estimate of drug-likeness (QED) is 0.689. The number of benzene rings is 2. The van der Waals surface area contributed by atoms with Gasteiger partial charge in [0.25, 0.3) is 0 Å². The Morgan fingerprint density at radius 3 is 2.39 bits per heavy atom. The second-order valence-electron chi connectivity index (χ2n) is 6.44. The number of morpholine rings is 1. The fourth-order valence-corrected chi connectivity index (χ4v) is 4.41. The lowest BCUT2D eigenvalue weighted by molar-refractivity contribution is 0.0730. The zero-order valence-corrected chi connectivity index (χ0v) is 16.1. The van der Waals surface area contributed by atoms with Gasteiger partial charge in [0.05, 0.1) is 36.3 Å². The number of aromatic amines is 1. The number of sulfonamides is 1. The van der Waals surface area contributed by atoms with Gasteiger partial charge in [0.15, 0.2) is 0 Å². The first-order chi connectivity index (χ1) is 13.6. The molecule has 1 aliphatic heterocycles. The van der Waals surface area contributed by atoms with Crippen LogP contribution < -0.4 is 4.74 Å². The van der Waals surface area contributed by atoms with Crippen LogP contribution >= 0.6 is 0 Å². The average Bonchev–Trinajstić information content (AvgIpc) is 3.28. The van der Waals surface area contributed by atoms with Gasteiger partial charge in [-0.15, -0.1) is 0 Å². The molecule has 1 aromatic heterocycles. The molecule has 0 atom stereocenters. The molecule has 28 heavy (non-hydrogen) atoms. The van der Waals surface area contributed by atoms with Gasteiger partial charge in [-0.1, -0.05) is 12.1 Å². The summed E-state index contributed by atoms with van der Waals surface area (Å²) in [5.41, 5.74) is 2.88. The lowest BCUT2D eigenvalue weighted by atomic mass is 10.1. The minimum atomic E-state index is -3.47. The van der Waals surface area contributed by atoms with E-state index in [1.165, 1.54) is 4.31 Å². The van der Waals surface area contributed by atoms with Crippen LogP contribution in [0, 0.1) is 0 Å². The highest BCUT2D eigenvalue weighted by Gasteiger charge is 2.26. The van der Waals surface area contributed by atoms with Crippen LogP contribution in [0.3, 0.4) is 0 Å². The van der Waals surface area contributed by atoms with Gasteiger partial charge in [0.2, 0.25) is 10.0 Å². The molecule has 0 spiro atoms. The third-order valence-electron chi connectivity index (χ3n) is 4.60. The molecule has 1 aliphatic rings. The summed E-state index contributed by atoms with van der Waals surface area (Å²) < 4.78 is 37.8. The highest BCUT2D eigenvalue weighted by molar-refractivity contribution is 7.89. The molecule has 4 rings (SSSR count). The van der Waals surface area contributed by atoms with Crippen molar-refractivity contribution in [2.45, 2.75) is 11.5 Å². The lowest BCUT2D eigenvalue weighted by Gasteiger charge is -2.26.